The minimum absolute atomic E-state index is 0.345. The highest BCUT2D eigenvalue weighted by Crippen LogP contribution is 2.38. The van der Waals surface area contributed by atoms with Crippen molar-refractivity contribution in [3.63, 3.8) is 0 Å². The largest absolute Gasteiger partial charge is 0.330 e. The monoisotopic (exact) mass is 235 g/mol. The maximum atomic E-state index is 6.05. The molecule has 96 valence electrons. The first-order chi connectivity index (χ1) is 8.19. The fraction of sp³-hybridized carbons (Fsp3) is 0.786. The maximum Gasteiger partial charge on any atom is 0.0596 e. The normalized spacial score (nSPS) is 19.5. The van der Waals surface area contributed by atoms with Crippen molar-refractivity contribution in [1.29, 1.82) is 0 Å². The predicted molar refractivity (Wildman–Crippen MR) is 70.9 cm³/mol. The third-order valence-electron chi connectivity index (χ3n) is 4.19. The van der Waals surface area contributed by atoms with Gasteiger partial charge < -0.3 is 5.73 Å². The molecule has 1 aliphatic carbocycles. The van der Waals surface area contributed by atoms with Crippen LogP contribution >= 0.6 is 0 Å². The summed E-state index contributed by atoms with van der Waals surface area (Å²) in [6, 6.07) is 2.23. The summed E-state index contributed by atoms with van der Waals surface area (Å²) < 4.78 is 2.14. The molecule has 2 N–H and O–H groups in total. The van der Waals surface area contributed by atoms with Gasteiger partial charge in [0.05, 0.1) is 5.69 Å². The first-order valence-electron chi connectivity index (χ1n) is 6.92. The molecule has 0 amide bonds. The van der Waals surface area contributed by atoms with Gasteiger partial charge in [-0.05, 0) is 51.1 Å². The molecule has 2 rings (SSSR count). The van der Waals surface area contributed by atoms with Crippen LogP contribution in [0, 0.1) is 12.3 Å². The SMILES string of the molecule is CCn1nc(C)cc1CC1(CN)CCCCC1. The minimum atomic E-state index is 0.345. The van der Waals surface area contributed by atoms with Gasteiger partial charge in [0.2, 0.25) is 0 Å². The van der Waals surface area contributed by atoms with Crippen LogP contribution in [-0.4, -0.2) is 16.3 Å². The Morgan fingerprint density at radius 2 is 2.06 bits per heavy atom. The average Bonchev–Trinajstić information content (AvgIpc) is 2.70. The Labute approximate surface area is 104 Å². The molecule has 1 heterocycles. The van der Waals surface area contributed by atoms with Gasteiger partial charge in [-0.15, -0.1) is 0 Å². The molecule has 1 aromatic rings. The quantitative estimate of drug-likeness (QED) is 0.872. The Bertz CT molecular complexity index is 362. The third-order valence-corrected chi connectivity index (χ3v) is 4.19. The van der Waals surface area contributed by atoms with E-state index in [9.17, 15) is 0 Å². The lowest BCUT2D eigenvalue weighted by Gasteiger charge is -2.36. The van der Waals surface area contributed by atoms with E-state index in [0.717, 1.165) is 25.2 Å². The van der Waals surface area contributed by atoms with Crippen LogP contribution in [0.4, 0.5) is 0 Å². The number of nitrogens with two attached hydrogens (primary N) is 1. The summed E-state index contributed by atoms with van der Waals surface area (Å²) in [5.74, 6) is 0. The molecule has 0 aromatic carbocycles. The van der Waals surface area contributed by atoms with E-state index in [1.807, 2.05) is 0 Å². The molecule has 1 aliphatic rings. The van der Waals surface area contributed by atoms with Crippen molar-refractivity contribution in [1.82, 2.24) is 9.78 Å². The van der Waals surface area contributed by atoms with E-state index in [1.165, 1.54) is 37.8 Å². The van der Waals surface area contributed by atoms with Crippen molar-refractivity contribution in [2.24, 2.45) is 11.1 Å². The minimum Gasteiger partial charge on any atom is -0.330 e. The number of rotatable bonds is 4. The summed E-state index contributed by atoms with van der Waals surface area (Å²) in [5.41, 5.74) is 8.90. The summed E-state index contributed by atoms with van der Waals surface area (Å²) in [6.45, 7) is 6.02. The van der Waals surface area contributed by atoms with Crippen LogP contribution in [0.5, 0.6) is 0 Å². The van der Waals surface area contributed by atoms with Crippen LogP contribution in [0.3, 0.4) is 0 Å². The molecule has 0 bridgehead atoms. The smallest absolute Gasteiger partial charge is 0.0596 e. The van der Waals surface area contributed by atoms with E-state index in [4.69, 9.17) is 5.73 Å². The van der Waals surface area contributed by atoms with Gasteiger partial charge in [0.25, 0.3) is 0 Å². The van der Waals surface area contributed by atoms with Gasteiger partial charge in [0.15, 0.2) is 0 Å². The van der Waals surface area contributed by atoms with Crippen LogP contribution in [0.15, 0.2) is 6.07 Å². The molecular weight excluding hydrogens is 210 g/mol. The van der Waals surface area contributed by atoms with Gasteiger partial charge in [0.1, 0.15) is 0 Å². The molecule has 0 radical (unpaired) electrons. The molecule has 3 nitrogen and oxygen atoms in total. The molecular formula is C14H25N3. The van der Waals surface area contributed by atoms with Crippen molar-refractivity contribution >= 4 is 0 Å². The highest BCUT2D eigenvalue weighted by Gasteiger charge is 2.31. The van der Waals surface area contributed by atoms with Crippen molar-refractivity contribution in [2.45, 2.75) is 58.9 Å². The molecule has 3 heteroatoms. The van der Waals surface area contributed by atoms with E-state index in [1.54, 1.807) is 0 Å². The van der Waals surface area contributed by atoms with Gasteiger partial charge in [-0.1, -0.05) is 19.3 Å². The third kappa shape index (κ3) is 2.71. The van der Waals surface area contributed by atoms with Crippen molar-refractivity contribution in [2.75, 3.05) is 6.54 Å². The number of hydrogen-bond acceptors (Lipinski definition) is 2. The zero-order chi connectivity index (χ0) is 12.3. The van der Waals surface area contributed by atoms with Crippen LogP contribution in [-0.2, 0) is 13.0 Å². The van der Waals surface area contributed by atoms with Gasteiger partial charge >= 0.3 is 0 Å². The van der Waals surface area contributed by atoms with E-state index in [-0.39, 0.29) is 0 Å². The Kier molecular flexibility index (Phi) is 3.87. The number of hydrogen-bond donors (Lipinski definition) is 1. The topological polar surface area (TPSA) is 43.8 Å². The Morgan fingerprint density at radius 1 is 1.35 bits per heavy atom. The second kappa shape index (κ2) is 5.21. The highest BCUT2D eigenvalue weighted by atomic mass is 15.3. The zero-order valence-corrected chi connectivity index (χ0v) is 11.2. The Morgan fingerprint density at radius 3 is 2.65 bits per heavy atom. The molecule has 0 unspecified atom stereocenters. The molecule has 17 heavy (non-hydrogen) atoms. The number of aromatic nitrogens is 2. The number of aryl methyl sites for hydroxylation is 2. The second-order valence-corrected chi connectivity index (χ2v) is 5.53. The van der Waals surface area contributed by atoms with Gasteiger partial charge in [-0.25, -0.2) is 0 Å². The lowest BCUT2D eigenvalue weighted by molar-refractivity contribution is 0.193. The lowest BCUT2D eigenvalue weighted by Crippen LogP contribution is -2.35. The lowest BCUT2D eigenvalue weighted by atomic mass is 9.71. The Hall–Kier alpha value is -0.830. The van der Waals surface area contributed by atoms with Crippen LogP contribution in [0.2, 0.25) is 0 Å². The second-order valence-electron chi connectivity index (χ2n) is 5.53. The fourth-order valence-electron chi connectivity index (χ4n) is 3.15. The van der Waals surface area contributed by atoms with Gasteiger partial charge in [0, 0.05) is 12.2 Å². The van der Waals surface area contributed by atoms with E-state index in [0.29, 0.717) is 5.41 Å². The molecule has 1 saturated carbocycles. The summed E-state index contributed by atoms with van der Waals surface area (Å²) in [7, 11) is 0. The first kappa shape index (κ1) is 12.6. The van der Waals surface area contributed by atoms with Crippen LogP contribution in [0.25, 0.3) is 0 Å². The van der Waals surface area contributed by atoms with E-state index >= 15 is 0 Å². The first-order valence-corrected chi connectivity index (χ1v) is 6.92. The van der Waals surface area contributed by atoms with Crippen molar-refractivity contribution in [3.05, 3.63) is 17.5 Å². The predicted octanol–water partition coefficient (Wildman–Crippen LogP) is 2.66. The summed E-state index contributed by atoms with van der Waals surface area (Å²) >= 11 is 0. The summed E-state index contributed by atoms with van der Waals surface area (Å²) in [5, 5.41) is 4.54. The van der Waals surface area contributed by atoms with Gasteiger partial charge in [-0.3, -0.25) is 4.68 Å². The average molecular weight is 235 g/mol. The molecule has 1 fully saturated rings. The van der Waals surface area contributed by atoms with E-state index in [2.05, 4.69) is 29.7 Å². The van der Waals surface area contributed by atoms with Gasteiger partial charge in [-0.2, -0.15) is 5.10 Å². The molecule has 0 aliphatic heterocycles. The fourth-order valence-corrected chi connectivity index (χ4v) is 3.15. The summed E-state index contributed by atoms with van der Waals surface area (Å²) in [6.07, 6.45) is 7.76. The molecule has 0 saturated heterocycles. The molecule has 0 atom stereocenters. The van der Waals surface area contributed by atoms with Crippen molar-refractivity contribution in [3.8, 4) is 0 Å². The molecule has 1 aromatic heterocycles. The molecule has 0 spiro atoms. The summed E-state index contributed by atoms with van der Waals surface area (Å²) in [4.78, 5) is 0. The van der Waals surface area contributed by atoms with Crippen molar-refractivity contribution < 1.29 is 0 Å². The Balaban J connectivity index is 2.16. The standard InChI is InChI=1S/C14H25N3/c1-3-17-13(9-12(2)16-17)10-14(11-15)7-5-4-6-8-14/h9H,3-8,10-11,15H2,1-2H3. The maximum absolute atomic E-state index is 6.05. The highest BCUT2D eigenvalue weighted by molar-refractivity contribution is 5.12. The van der Waals surface area contributed by atoms with Crippen LogP contribution < -0.4 is 5.73 Å². The van der Waals surface area contributed by atoms with E-state index < -0.39 is 0 Å². The zero-order valence-electron chi connectivity index (χ0n) is 11.2. The van der Waals surface area contributed by atoms with Crippen LogP contribution in [0.1, 0.15) is 50.4 Å². The number of nitrogens with zero attached hydrogens (tertiary/aromatic N) is 2.